The predicted octanol–water partition coefficient (Wildman–Crippen LogP) is 3.51. The number of rotatable bonds is 3. The molecule has 2 heterocycles. The van der Waals surface area contributed by atoms with Crippen LogP contribution in [0.1, 0.15) is 11.3 Å². The van der Waals surface area contributed by atoms with Crippen LogP contribution in [0.15, 0.2) is 47.8 Å². The second kappa shape index (κ2) is 6.18. The van der Waals surface area contributed by atoms with Crippen molar-refractivity contribution in [3.05, 3.63) is 65.0 Å². The minimum atomic E-state index is -0.541. The third-order valence-corrected chi connectivity index (χ3v) is 3.48. The van der Waals surface area contributed by atoms with Gasteiger partial charge in [-0.25, -0.2) is 19.0 Å². The van der Waals surface area contributed by atoms with Crippen LogP contribution in [0.3, 0.4) is 0 Å². The number of hydrogen-bond donors (Lipinski definition) is 1. The van der Waals surface area contributed by atoms with Gasteiger partial charge in [-0.15, -0.1) is 0 Å². The average molecular weight is 330 g/mol. The van der Waals surface area contributed by atoms with Crippen molar-refractivity contribution < 1.29 is 4.39 Å². The lowest BCUT2D eigenvalue weighted by Gasteiger charge is -2.03. The standard InChI is InChI=1S/C16H13ClFN5/c1-10-9-23(16(19)22-10)21-7-11-2-4-12(5-3-11)13-6-14(18)15(17)20-8-13/h2-9H,1H3,(H2,19,22). The van der Waals surface area contributed by atoms with Crippen LogP contribution in [0.5, 0.6) is 0 Å². The number of imidazole rings is 1. The summed E-state index contributed by atoms with van der Waals surface area (Å²) in [6.07, 6.45) is 4.94. The van der Waals surface area contributed by atoms with Gasteiger partial charge >= 0.3 is 0 Å². The Morgan fingerprint density at radius 1 is 1.26 bits per heavy atom. The van der Waals surface area contributed by atoms with Crippen molar-refractivity contribution in [1.82, 2.24) is 14.6 Å². The molecule has 0 spiro atoms. The summed E-state index contributed by atoms with van der Waals surface area (Å²) in [4.78, 5) is 7.87. The van der Waals surface area contributed by atoms with Crippen LogP contribution in [0.2, 0.25) is 5.15 Å². The molecule has 0 aliphatic heterocycles. The zero-order chi connectivity index (χ0) is 16.4. The van der Waals surface area contributed by atoms with Crippen molar-refractivity contribution >= 4 is 23.8 Å². The Bertz CT molecular complexity index is 871. The summed E-state index contributed by atoms with van der Waals surface area (Å²) in [5, 5.41) is 4.11. The highest BCUT2D eigenvalue weighted by Crippen LogP contribution is 2.22. The van der Waals surface area contributed by atoms with Crippen LogP contribution in [0.25, 0.3) is 11.1 Å². The van der Waals surface area contributed by atoms with Gasteiger partial charge < -0.3 is 5.73 Å². The average Bonchev–Trinajstić information content (AvgIpc) is 2.86. The van der Waals surface area contributed by atoms with E-state index in [-0.39, 0.29) is 5.15 Å². The van der Waals surface area contributed by atoms with Gasteiger partial charge in [0.1, 0.15) is 0 Å². The highest BCUT2D eigenvalue weighted by molar-refractivity contribution is 6.29. The van der Waals surface area contributed by atoms with Gasteiger partial charge in [0.2, 0.25) is 5.95 Å². The van der Waals surface area contributed by atoms with Crippen molar-refractivity contribution in [3.8, 4) is 11.1 Å². The van der Waals surface area contributed by atoms with Gasteiger partial charge in [-0.2, -0.15) is 5.10 Å². The summed E-state index contributed by atoms with van der Waals surface area (Å²) >= 11 is 5.59. The molecule has 5 nitrogen and oxygen atoms in total. The Kier molecular flexibility index (Phi) is 4.08. The summed E-state index contributed by atoms with van der Waals surface area (Å²) in [5.41, 5.74) is 8.89. The number of hydrogen-bond acceptors (Lipinski definition) is 4. The molecular formula is C16H13ClFN5. The molecule has 0 bridgehead atoms. The van der Waals surface area contributed by atoms with Crippen LogP contribution in [0, 0.1) is 12.7 Å². The van der Waals surface area contributed by atoms with E-state index in [4.69, 9.17) is 17.3 Å². The normalized spacial score (nSPS) is 11.3. The molecule has 0 unspecified atom stereocenters. The fraction of sp³-hybridized carbons (Fsp3) is 0.0625. The Hall–Kier alpha value is -2.73. The zero-order valence-corrected chi connectivity index (χ0v) is 13.0. The quantitative estimate of drug-likeness (QED) is 0.590. The van der Waals surface area contributed by atoms with E-state index in [1.54, 1.807) is 12.4 Å². The summed E-state index contributed by atoms with van der Waals surface area (Å²) in [6, 6.07) is 8.80. The third-order valence-electron chi connectivity index (χ3n) is 3.21. The van der Waals surface area contributed by atoms with E-state index < -0.39 is 5.82 Å². The van der Waals surface area contributed by atoms with Crippen molar-refractivity contribution in [2.45, 2.75) is 6.92 Å². The van der Waals surface area contributed by atoms with Crippen LogP contribution in [-0.2, 0) is 0 Å². The first kappa shape index (κ1) is 15.2. The van der Waals surface area contributed by atoms with Crippen LogP contribution in [-0.4, -0.2) is 20.9 Å². The molecule has 0 radical (unpaired) electrons. The third kappa shape index (κ3) is 3.37. The molecule has 2 aromatic heterocycles. The second-order valence-electron chi connectivity index (χ2n) is 4.95. The second-order valence-corrected chi connectivity index (χ2v) is 5.31. The number of aryl methyl sites for hydroxylation is 1. The summed E-state index contributed by atoms with van der Waals surface area (Å²) < 4.78 is 15.0. The molecule has 0 atom stereocenters. The van der Waals surface area contributed by atoms with Gasteiger partial charge in [0, 0.05) is 11.8 Å². The topological polar surface area (TPSA) is 69.1 Å². The maximum Gasteiger partial charge on any atom is 0.221 e. The molecule has 0 saturated heterocycles. The van der Waals surface area contributed by atoms with Crippen molar-refractivity contribution in [2.75, 3.05) is 5.73 Å². The first-order valence-electron chi connectivity index (χ1n) is 6.80. The van der Waals surface area contributed by atoms with Crippen LogP contribution < -0.4 is 5.73 Å². The Morgan fingerprint density at radius 3 is 2.61 bits per heavy atom. The van der Waals surface area contributed by atoms with E-state index in [1.807, 2.05) is 31.2 Å². The number of pyridine rings is 1. The van der Waals surface area contributed by atoms with E-state index in [2.05, 4.69) is 15.1 Å². The van der Waals surface area contributed by atoms with Gasteiger partial charge in [0.05, 0.1) is 18.1 Å². The molecule has 0 saturated carbocycles. The van der Waals surface area contributed by atoms with E-state index in [0.717, 1.165) is 16.8 Å². The SMILES string of the molecule is Cc1cn(N=Cc2ccc(-c3cnc(Cl)c(F)c3)cc2)c(N)n1. The lowest BCUT2D eigenvalue weighted by atomic mass is 10.1. The minimum absolute atomic E-state index is 0.134. The smallest absolute Gasteiger partial charge is 0.221 e. The first-order valence-corrected chi connectivity index (χ1v) is 7.18. The molecule has 116 valence electrons. The molecule has 23 heavy (non-hydrogen) atoms. The van der Waals surface area contributed by atoms with Crippen LogP contribution >= 0.6 is 11.6 Å². The van der Waals surface area contributed by atoms with Crippen LogP contribution in [0.4, 0.5) is 10.3 Å². The predicted molar refractivity (Wildman–Crippen MR) is 89.0 cm³/mol. The number of benzene rings is 1. The van der Waals surface area contributed by atoms with E-state index in [0.29, 0.717) is 11.5 Å². The number of nitrogen functional groups attached to an aromatic ring is 1. The molecule has 0 amide bonds. The molecule has 7 heteroatoms. The number of nitrogens with zero attached hydrogens (tertiary/aromatic N) is 4. The molecule has 0 fully saturated rings. The molecule has 3 aromatic rings. The summed E-state index contributed by atoms with van der Waals surface area (Å²) in [6.45, 7) is 1.84. The Labute approximate surface area is 137 Å². The van der Waals surface area contributed by atoms with Crippen molar-refractivity contribution in [1.29, 1.82) is 0 Å². The summed E-state index contributed by atoms with van der Waals surface area (Å²) in [5.74, 6) is -0.209. The Balaban J connectivity index is 1.81. The fourth-order valence-corrected chi connectivity index (χ4v) is 2.17. The molecule has 2 N–H and O–H groups in total. The van der Waals surface area contributed by atoms with Gasteiger partial charge in [-0.1, -0.05) is 35.9 Å². The monoisotopic (exact) mass is 329 g/mol. The van der Waals surface area contributed by atoms with E-state index in [9.17, 15) is 4.39 Å². The highest BCUT2D eigenvalue weighted by atomic mass is 35.5. The highest BCUT2D eigenvalue weighted by Gasteiger charge is 2.04. The maximum absolute atomic E-state index is 13.5. The lowest BCUT2D eigenvalue weighted by molar-refractivity contribution is 0.622. The minimum Gasteiger partial charge on any atom is -0.368 e. The number of nitrogens with two attached hydrogens (primary N) is 1. The van der Waals surface area contributed by atoms with Crippen molar-refractivity contribution in [3.63, 3.8) is 0 Å². The molecule has 1 aromatic carbocycles. The van der Waals surface area contributed by atoms with Gasteiger partial charge in [-0.3, -0.25) is 0 Å². The Morgan fingerprint density at radius 2 is 2.00 bits per heavy atom. The maximum atomic E-state index is 13.5. The molecule has 3 rings (SSSR count). The van der Waals surface area contributed by atoms with Gasteiger partial charge in [0.25, 0.3) is 0 Å². The number of anilines is 1. The largest absolute Gasteiger partial charge is 0.368 e. The van der Waals surface area contributed by atoms with Gasteiger partial charge in [0.15, 0.2) is 11.0 Å². The molecular weight excluding hydrogens is 317 g/mol. The fourth-order valence-electron chi connectivity index (χ4n) is 2.07. The lowest BCUT2D eigenvalue weighted by Crippen LogP contribution is -1.96. The molecule has 0 aliphatic carbocycles. The van der Waals surface area contributed by atoms with E-state index >= 15 is 0 Å². The van der Waals surface area contributed by atoms with E-state index in [1.165, 1.54) is 16.9 Å². The van der Waals surface area contributed by atoms with Crippen molar-refractivity contribution in [2.24, 2.45) is 5.10 Å². The number of aromatic nitrogens is 3. The zero-order valence-electron chi connectivity index (χ0n) is 12.2. The number of halogens is 2. The summed E-state index contributed by atoms with van der Waals surface area (Å²) in [7, 11) is 0. The van der Waals surface area contributed by atoms with Gasteiger partial charge in [-0.05, 0) is 24.1 Å². The first-order chi connectivity index (χ1) is 11.0. The molecule has 0 aliphatic rings.